The number of rotatable bonds is 3. The van der Waals surface area contributed by atoms with Crippen LogP contribution < -0.4 is 16.0 Å². The van der Waals surface area contributed by atoms with E-state index in [0.29, 0.717) is 13.0 Å². The monoisotopic (exact) mass is 249 g/mol. The van der Waals surface area contributed by atoms with Crippen molar-refractivity contribution >= 4 is 17.3 Å². The van der Waals surface area contributed by atoms with Gasteiger partial charge in [0, 0.05) is 20.7 Å². The molecule has 1 atom stereocenters. The standard InChI is InChI=1S/C13H19N3O2/c1-16(2)11-6-4-3-5-10(11)15-12(17)13(14)7-8-18-9-13/h3-6H,7-9,14H2,1-2H3,(H,15,17). The molecule has 1 amide bonds. The lowest BCUT2D eigenvalue weighted by Gasteiger charge is -2.23. The second-order valence-corrected chi connectivity index (χ2v) is 4.82. The minimum absolute atomic E-state index is 0.186. The molecular weight excluding hydrogens is 230 g/mol. The fraction of sp³-hybridized carbons (Fsp3) is 0.462. The van der Waals surface area contributed by atoms with Gasteiger partial charge in [0.05, 0.1) is 18.0 Å². The number of nitrogens with zero attached hydrogens (tertiary/aromatic N) is 1. The number of ether oxygens (including phenoxy) is 1. The van der Waals surface area contributed by atoms with Crippen molar-refractivity contribution in [2.45, 2.75) is 12.0 Å². The molecule has 1 heterocycles. The number of benzene rings is 1. The summed E-state index contributed by atoms with van der Waals surface area (Å²) in [5.41, 5.74) is 6.84. The molecule has 0 bridgehead atoms. The summed E-state index contributed by atoms with van der Waals surface area (Å²) in [6.45, 7) is 0.822. The summed E-state index contributed by atoms with van der Waals surface area (Å²) in [5, 5.41) is 2.89. The van der Waals surface area contributed by atoms with Gasteiger partial charge in [0.15, 0.2) is 0 Å². The Labute approximate surface area is 107 Å². The molecule has 3 N–H and O–H groups in total. The number of anilines is 2. The molecule has 2 rings (SSSR count). The molecule has 1 unspecified atom stereocenters. The van der Waals surface area contributed by atoms with Gasteiger partial charge in [-0.3, -0.25) is 4.79 Å². The van der Waals surface area contributed by atoms with Crippen molar-refractivity contribution in [2.75, 3.05) is 37.5 Å². The van der Waals surface area contributed by atoms with Crippen LogP contribution in [0.25, 0.3) is 0 Å². The van der Waals surface area contributed by atoms with Gasteiger partial charge < -0.3 is 20.7 Å². The van der Waals surface area contributed by atoms with Crippen molar-refractivity contribution in [3.05, 3.63) is 24.3 Å². The first kappa shape index (κ1) is 12.9. The third-order valence-corrected chi connectivity index (χ3v) is 3.14. The maximum atomic E-state index is 12.2. The highest BCUT2D eigenvalue weighted by Crippen LogP contribution is 2.25. The van der Waals surface area contributed by atoms with Gasteiger partial charge in [-0.05, 0) is 18.6 Å². The highest BCUT2D eigenvalue weighted by molar-refractivity contribution is 6.00. The quantitative estimate of drug-likeness (QED) is 0.832. The van der Waals surface area contributed by atoms with Crippen molar-refractivity contribution in [1.82, 2.24) is 0 Å². The summed E-state index contributed by atoms with van der Waals surface area (Å²) in [5.74, 6) is -0.186. The van der Waals surface area contributed by atoms with Crippen LogP contribution >= 0.6 is 0 Å². The Morgan fingerprint density at radius 2 is 2.17 bits per heavy atom. The normalized spacial score (nSPS) is 22.8. The number of carbonyl (C=O) groups is 1. The van der Waals surface area contributed by atoms with Crippen LogP contribution in [0.2, 0.25) is 0 Å². The highest BCUT2D eigenvalue weighted by Gasteiger charge is 2.38. The lowest BCUT2D eigenvalue weighted by molar-refractivity contribution is -0.121. The maximum Gasteiger partial charge on any atom is 0.247 e. The molecule has 0 radical (unpaired) electrons. The Bertz CT molecular complexity index is 440. The second-order valence-electron chi connectivity index (χ2n) is 4.82. The zero-order valence-corrected chi connectivity index (χ0v) is 10.8. The minimum Gasteiger partial charge on any atom is -0.379 e. The molecule has 1 aromatic rings. The molecule has 1 aliphatic rings. The third kappa shape index (κ3) is 2.47. The van der Waals surface area contributed by atoms with Gasteiger partial charge in [0.25, 0.3) is 0 Å². The Hall–Kier alpha value is -1.59. The molecule has 18 heavy (non-hydrogen) atoms. The first-order valence-corrected chi connectivity index (χ1v) is 5.97. The molecule has 1 aliphatic heterocycles. The van der Waals surface area contributed by atoms with Crippen molar-refractivity contribution in [3.63, 3.8) is 0 Å². The number of nitrogens with one attached hydrogen (secondary N) is 1. The van der Waals surface area contributed by atoms with Gasteiger partial charge in [0.2, 0.25) is 5.91 Å². The summed E-state index contributed by atoms with van der Waals surface area (Å²) in [6, 6.07) is 7.63. The molecule has 0 spiro atoms. The van der Waals surface area contributed by atoms with E-state index in [1.165, 1.54) is 0 Å². The number of amides is 1. The van der Waals surface area contributed by atoms with Crippen molar-refractivity contribution in [2.24, 2.45) is 5.73 Å². The van der Waals surface area contributed by atoms with Gasteiger partial charge in [-0.15, -0.1) is 0 Å². The van der Waals surface area contributed by atoms with Crippen LogP contribution in [0, 0.1) is 0 Å². The minimum atomic E-state index is -0.903. The smallest absolute Gasteiger partial charge is 0.247 e. The molecular formula is C13H19N3O2. The highest BCUT2D eigenvalue weighted by atomic mass is 16.5. The third-order valence-electron chi connectivity index (χ3n) is 3.14. The zero-order valence-electron chi connectivity index (χ0n) is 10.8. The van der Waals surface area contributed by atoms with Crippen LogP contribution in [0.15, 0.2) is 24.3 Å². The molecule has 0 saturated carbocycles. The lowest BCUT2D eigenvalue weighted by atomic mass is 9.99. The Balaban J connectivity index is 2.16. The first-order chi connectivity index (χ1) is 8.53. The number of nitrogens with two attached hydrogens (primary N) is 1. The summed E-state index contributed by atoms with van der Waals surface area (Å²) in [6.07, 6.45) is 0.558. The van der Waals surface area contributed by atoms with E-state index < -0.39 is 5.54 Å². The van der Waals surface area contributed by atoms with Crippen molar-refractivity contribution < 1.29 is 9.53 Å². The molecule has 1 aromatic carbocycles. The van der Waals surface area contributed by atoms with Crippen LogP contribution in [0.5, 0.6) is 0 Å². The van der Waals surface area contributed by atoms with Gasteiger partial charge in [0.1, 0.15) is 5.54 Å². The molecule has 0 aromatic heterocycles. The summed E-state index contributed by atoms with van der Waals surface area (Å²) in [4.78, 5) is 14.1. The molecule has 5 heteroatoms. The van der Waals surface area contributed by atoms with E-state index in [-0.39, 0.29) is 12.5 Å². The van der Waals surface area contributed by atoms with Gasteiger partial charge >= 0.3 is 0 Å². The van der Waals surface area contributed by atoms with E-state index in [0.717, 1.165) is 11.4 Å². The Morgan fingerprint density at radius 1 is 1.44 bits per heavy atom. The van der Waals surface area contributed by atoms with Crippen LogP contribution in [0.4, 0.5) is 11.4 Å². The van der Waals surface area contributed by atoms with Crippen LogP contribution in [0.1, 0.15) is 6.42 Å². The average Bonchev–Trinajstić information content (AvgIpc) is 2.78. The summed E-state index contributed by atoms with van der Waals surface area (Å²) in [7, 11) is 3.86. The molecule has 0 aliphatic carbocycles. The predicted octanol–water partition coefficient (Wildman–Crippen LogP) is 0.809. The molecule has 1 fully saturated rings. The van der Waals surface area contributed by atoms with E-state index in [4.69, 9.17) is 10.5 Å². The molecule has 1 saturated heterocycles. The predicted molar refractivity (Wildman–Crippen MR) is 71.8 cm³/mol. The van der Waals surface area contributed by atoms with Gasteiger partial charge in [-0.25, -0.2) is 0 Å². The SMILES string of the molecule is CN(C)c1ccccc1NC(=O)C1(N)CCOC1. The van der Waals surface area contributed by atoms with E-state index in [2.05, 4.69) is 5.32 Å². The number of hydrogen-bond donors (Lipinski definition) is 2. The Kier molecular flexibility index (Phi) is 3.54. The zero-order chi connectivity index (χ0) is 13.2. The number of carbonyl (C=O) groups excluding carboxylic acids is 1. The Morgan fingerprint density at radius 3 is 2.78 bits per heavy atom. The van der Waals surface area contributed by atoms with Gasteiger partial charge in [-0.1, -0.05) is 12.1 Å². The van der Waals surface area contributed by atoms with Crippen molar-refractivity contribution in [1.29, 1.82) is 0 Å². The lowest BCUT2D eigenvalue weighted by Crippen LogP contribution is -2.51. The molecule has 5 nitrogen and oxygen atoms in total. The summed E-state index contributed by atoms with van der Waals surface area (Å²) < 4.78 is 5.20. The number of para-hydroxylation sites is 2. The average molecular weight is 249 g/mol. The fourth-order valence-electron chi connectivity index (χ4n) is 1.98. The van der Waals surface area contributed by atoms with Crippen LogP contribution in [-0.2, 0) is 9.53 Å². The first-order valence-electron chi connectivity index (χ1n) is 5.97. The van der Waals surface area contributed by atoms with Crippen LogP contribution in [-0.4, -0.2) is 38.8 Å². The molecule has 98 valence electrons. The van der Waals surface area contributed by atoms with Crippen LogP contribution in [0.3, 0.4) is 0 Å². The largest absolute Gasteiger partial charge is 0.379 e. The summed E-state index contributed by atoms with van der Waals surface area (Å²) >= 11 is 0. The van der Waals surface area contributed by atoms with E-state index in [1.807, 2.05) is 43.3 Å². The second kappa shape index (κ2) is 4.96. The van der Waals surface area contributed by atoms with E-state index >= 15 is 0 Å². The van der Waals surface area contributed by atoms with Crippen molar-refractivity contribution in [3.8, 4) is 0 Å². The number of hydrogen-bond acceptors (Lipinski definition) is 4. The van der Waals surface area contributed by atoms with E-state index in [1.54, 1.807) is 0 Å². The fourth-order valence-corrected chi connectivity index (χ4v) is 1.98. The topological polar surface area (TPSA) is 67.6 Å². The maximum absolute atomic E-state index is 12.2. The van der Waals surface area contributed by atoms with E-state index in [9.17, 15) is 4.79 Å². The van der Waals surface area contributed by atoms with Gasteiger partial charge in [-0.2, -0.15) is 0 Å².